The molecule has 1 amide bonds. The van der Waals surface area contributed by atoms with Crippen LogP contribution in [0.5, 0.6) is 0 Å². The van der Waals surface area contributed by atoms with Gasteiger partial charge < -0.3 is 15.7 Å². The topological polar surface area (TPSA) is 90.4 Å². The number of β-amino-alcohol motifs (C(OH)–C–C–N with tert-alkyl or cyclic N) is 1. The van der Waals surface area contributed by atoms with Crippen molar-refractivity contribution in [1.29, 1.82) is 0 Å². The third kappa shape index (κ3) is 5.20. The first kappa shape index (κ1) is 20.0. The van der Waals surface area contributed by atoms with Crippen LogP contribution in [0.25, 0.3) is 0 Å². The van der Waals surface area contributed by atoms with Crippen molar-refractivity contribution in [3.8, 4) is 0 Å². The average Bonchev–Trinajstić information content (AvgIpc) is 2.78. The summed E-state index contributed by atoms with van der Waals surface area (Å²) in [6.45, 7) is 2.51. The lowest BCUT2D eigenvalue weighted by Crippen LogP contribution is -2.42. The molecule has 2 aromatic carbocycles. The number of fused-ring (bicyclic) bond motifs is 1. The molecule has 7 nitrogen and oxygen atoms in total. The molecular formula is C23H25N5O2. The Labute approximate surface area is 175 Å². The lowest BCUT2D eigenvalue weighted by Gasteiger charge is -2.30. The SMILES string of the molecule is O=C(NCC(O)CN1CCc2ccccc2C1)c1ccc(Nc2ncccn2)cc1. The van der Waals surface area contributed by atoms with E-state index in [1.807, 2.05) is 6.07 Å². The number of nitrogens with zero attached hydrogens (tertiary/aromatic N) is 3. The van der Waals surface area contributed by atoms with Gasteiger partial charge in [-0.3, -0.25) is 9.69 Å². The van der Waals surface area contributed by atoms with Crippen molar-refractivity contribution in [2.75, 3.05) is 25.0 Å². The maximum Gasteiger partial charge on any atom is 0.251 e. The second-order valence-corrected chi connectivity index (χ2v) is 7.39. The first-order valence-corrected chi connectivity index (χ1v) is 10.1. The highest BCUT2D eigenvalue weighted by molar-refractivity contribution is 5.94. The lowest BCUT2D eigenvalue weighted by molar-refractivity contribution is 0.0842. The van der Waals surface area contributed by atoms with Gasteiger partial charge in [0.05, 0.1) is 6.10 Å². The van der Waals surface area contributed by atoms with E-state index in [9.17, 15) is 9.90 Å². The van der Waals surface area contributed by atoms with Crippen molar-refractivity contribution in [3.05, 3.63) is 83.7 Å². The Hall–Kier alpha value is -3.29. The molecule has 0 radical (unpaired) electrons. The Kier molecular flexibility index (Phi) is 6.32. The van der Waals surface area contributed by atoms with Crippen LogP contribution in [0, 0.1) is 0 Å². The van der Waals surface area contributed by atoms with Gasteiger partial charge in [0, 0.05) is 49.8 Å². The van der Waals surface area contributed by atoms with Gasteiger partial charge in [0.25, 0.3) is 5.91 Å². The number of carbonyl (C=O) groups is 1. The minimum Gasteiger partial charge on any atom is -0.390 e. The summed E-state index contributed by atoms with van der Waals surface area (Å²) in [5.74, 6) is 0.290. The predicted octanol–water partition coefficient (Wildman–Crippen LogP) is 2.37. The summed E-state index contributed by atoms with van der Waals surface area (Å²) in [6.07, 6.45) is 3.69. The second-order valence-electron chi connectivity index (χ2n) is 7.39. The highest BCUT2D eigenvalue weighted by atomic mass is 16.3. The minimum absolute atomic E-state index is 0.208. The standard InChI is InChI=1S/C23H25N5O2/c29-21(16-28-13-10-17-4-1-2-5-19(17)15-28)14-26-22(30)18-6-8-20(9-7-18)27-23-24-11-3-12-25-23/h1-9,11-12,21,29H,10,13-16H2,(H,26,30)(H,24,25,27). The van der Waals surface area contributed by atoms with Crippen LogP contribution < -0.4 is 10.6 Å². The number of aliphatic hydroxyl groups excluding tert-OH is 1. The Morgan fingerprint density at radius 2 is 1.77 bits per heavy atom. The van der Waals surface area contributed by atoms with E-state index in [1.54, 1.807) is 42.7 Å². The number of nitrogens with one attached hydrogen (secondary N) is 2. The van der Waals surface area contributed by atoms with E-state index in [4.69, 9.17) is 0 Å². The summed E-state index contributed by atoms with van der Waals surface area (Å²) in [6, 6.07) is 17.2. The normalized spacial score (nSPS) is 14.6. The van der Waals surface area contributed by atoms with Gasteiger partial charge in [0.1, 0.15) is 0 Å². The van der Waals surface area contributed by atoms with Crippen LogP contribution in [0.2, 0.25) is 0 Å². The van der Waals surface area contributed by atoms with E-state index in [0.717, 1.165) is 25.2 Å². The molecule has 1 aliphatic heterocycles. The number of amides is 1. The summed E-state index contributed by atoms with van der Waals surface area (Å²) < 4.78 is 0. The van der Waals surface area contributed by atoms with Crippen molar-refractivity contribution in [1.82, 2.24) is 20.2 Å². The maximum absolute atomic E-state index is 12.4. The van der Waals surface area contributed by atoms with Gasteiger partial charge in [-0.25, -0.2) is 9.97 Å². The van der Waals surface area contributed by atoms with Crippen LogP contribution in [-0.4, -0.2) is 51.6 Å². The van der Waals surface area contributed by atoms with Gasteiger partial charge in [0.15, 0.2) is 0 Å². The van der Waals surface area contributed by atoms with Crippen molar-refractivity contribution in [2.45, 2.75) is 19.1 Å². The molecule has 3 N–H and O–H groups in total. The molecule has 1 atom stereocenters. The molecule has 0 aliphatic carbocycles. The first-order chi connectivity index (χ1) is 14.7. The Morgan fingerprint density at radius 3 is 2.53 bits per heavy atom. The van der Waals surface area contributed by atoms with Crippen LogP contribution in [0.4, 0.5) is 11.6 Å². The fourth-order valence-electron chi connectivity index (χ4n) is 3.58. The third-order valence-electron chi connectivity index (χ3n) is 5.15. The summed E-state index contributed by atoms with van der Waals surface area (Å²) in [4.78, 5) is 22.8. The molecule has 0 fully saturated rings. The largest absolute Gasteiger partial charge is 0.390 e. The van der Waals surface area contributed by atoms with E-state index in [-0.39, 0.29) is 12.5 Å². The smallest absolute Gasteiger partial charge is 0.251 e. The molecule has 154 valence electrons. The molecule has 4 rings (SSSR count). The van der Waals surface area contributed by atoms with E-state index < -0.39 is 6.10 Å². The second kappa shape index (κ2) is 9.47. The maximum atomic E-state index is 12.4. The minimum atomic E-state index is -0.615. The third-order valence-corrected chi connectivity index (χ3v) is 5.15. The Bertz CT molecular complexity index is 978. The van der Waals surface area contributed by atoms with Gasteiger partial charge in [0.2, 0.25) is 5.95 Å². The predicted molar refractivity (Wildman–Crippen MR) is 116 cm³/mol. The molecular weight excluding hydrogens is 378 g/mol. The number of rotatable bonds is 7. The fraction of sp³-hybridized carbons (Fsp3) is 0.261. The molecule has 0 bridgehead atoms. The number of aromatic nitrogens is 2. The number of anilines is 2. The van der Waals surface area contributed by atoms with Crippen molar-refractivity contribution >= 4 is 17.5 Å². The lowest BCUT2D eigenvalue weighted by atomic mass is 10.00. The van der Waals surface area contributed by atoms with Gasteiger partial charge in [-0.05, 0) is 47.9 Å². The van der Waals surface area contributed by atoms with Gasteiger partial charge >= 0.3 is 0 Å². The number of benzene rings is 2. The molecule has 2 heterocycles. The number of hydrogen-bond donors (Lipinski definition) is 3. The summed E-state index contributed by atoms with van der Waals surface area (Å²) in [5, 5.41) is 16.3. The molecule has 3 aromatic rings. The molecule has 0 saturated heterocycles. The molecule has 7 heteroatoms. The number of hydrogen-bond acceptors (Lipinski definition) is 6. The van der Waals surface area contributed by atoms with E-state index >= 15 is 0 Å². The van der Waals surface area contributed by atoms with Crippen molar-refractivity contribution in [2.24, 2.45) is 0 Å². The van der Waals surface area contributed by atoms with Crippen LogP contribution in [0.15, 0.2) is 67.0 Å². The molecule has 1 aromatic heterocycles. The highest BCUT2D eigenvalue weighted by Crippen LogP contribution is 2.18. The van der Waals surface area contributed by atoms with Crippen LogP contribution >= 0.6 is 0 Å². The Morgan fingerprint density at radius 1 is 1.03 bits per heavy atom. The highest BCUT2D eigenvalue weighted by Gasteiger charge is 2.19. The molecule has 1 unspecified atom stereocenters. The fourth-order valence-corrected chi connectivity index (χ4v) is 3.58. The van der Waals surface area contributed by atoms with Crippen molar-refractivity contribution in [3.63, 3.8) is 0 Å². The molecule has 0 saturated carbocycles. The van der Waals surface area contributed by atoms with Crippen LogP contribution in [0.1, 0.15) is 21.5 Å². The molecule has 0 spiro atoms. The summed E-state index contributed by atoms with van der Waals surface area (Å²) >= 11 is 0. The van der Waals surface area contributed by atoms with Gasteiger partial charge in [-0.1, -0.05) is 24.3 Å². The Balaban J connectivity index is 1.24. The van der Waals surface area contributed by atoms with Gasteiger partial charge in [-0.2, -0.15) is 0 Å². The van der Waals surface area contributed by atoms with E-state index in [1.165, 1.54) is 11.1 Å². The van der Waals surface area contributed by atoms with E-state index in [0.29, 0.717) is 18.1 Å². The van der Waals surface area contributed by atoms with E-state index in [2.05, 4.69) is 43.7 Å². The molecule has 30 heavy (non-hydrogen) atoms. The average molecular weight is 403 g/mol. The quantitative estimate of drug-likeness (QED) is 0.561. The molecule has 1 aliphatic rings. The zero-order valence-electron chi connectivity index (χ0n) is 16.7. The summed E-state index contributed by atoms with van der Waals surface area (Å²) in [5.41, 5.74) is 4.03. The summed E-state index contributed by atoms with van der Waals surface area (Å²) in [7, 11) is 0. The van der Waals surface area contributed by atoms with Crippen LogP contribution in [-0.2, 0) is 13.0 Å². The monoisotopic (exact) mass is 403 g/mol. The zero-order chi connectivity index (χ0) is 20.8. The van der Waals surface area contributed by atoms with Gasteiger partial charge in [-0.15, -0.1) is 0 Å². The number of carbonyl (C=O) groups excluding carboxylic acids is 1. The van der Waals surface area contributed by atoms with Crippen LogP contribution in [0.3, 0.4) is 0 Å². The first-order valence-electron chi connectivity index (χ1n) is 10.1. The number of aliphatic hydroxyl groups is 1. The zero-order valence-corrected chi connectivity index (χ0v) is 16.7. The van der Waals surface area contributed by atoms with Crippen molar-refractivity contribution < 1.29 is 9.90 Å².